The Morgan fingerprint density at radius 3 is 2.14 bits per heavy atom. The lowest BCUT2D eigenvalue weighted by Gasteiger charge is -2.18. The lowest BCUT2D eigenvalue weighted by atomic mass is 10.0. The van der Waals surface area contributed by atoms with Crippen molar-refractivity contribution >= 4 is 17.5 Å². The van der Waals surface area contributed by atoms with Crippen molar-refractivity contribution in [2.24, 2.45) is 0 Å². The van der Waals surface area contributed by atoms with Crippen LogP contribution in [-0.4, -0.2) is 30.3 Å². The topological polar surface area (TPSA) is 49.4 Å². The highest BCUT2D eigenvalue weighted by Crippen LogP contribution is 2.22. The van der Waals surface area contributed by atoms with Gasteiger partial charge in [0.1, 0.15) is 0 Å². The first kappa shape index (κ1) is 17.2. The van der Waals surface area contributed by atoms with Gasteiger partial charge in [0.05, 0.1) is 0 Å². The molecule has 0 fully saturated rings. The molecule has 1 aromatic carbocycles. The Bertz CT molecular complexity index is 475. The van der Waals surface area contributed by atoms with Crippen molar-refractivity contribution in [2.45, 2.75) is 46.5 Å². The van der Waals surface area contributed by atoms with Gasteiger partial charge in [-0.15, -0.1) is 0 Å². The average molecular weight is 290 g/mol. The highest BCUT2D eigenvalue weighted by atomic mass is 16.2. The predicted octanol–water partition coefficient (Wildman–Crippen LogP) is 3.01. The summed E-state index contributed by atoms with van der Waals surface area (Å²) >= 11 is 0. The van der Waals surface area contributed by atoms with Gasteiger partial charge in [-0.05, 0) is 30.4 Å². The zero-order valence-corrected chi connectivity index (χ0v) is 13.5. The maximum Gasteiger partial charge on any atom is 0.313 e. The molecule has 0 radical (unpaired) electrons. The van der Waals surface area contributed by atoms with Crippen LogP contribution in [0.2, 0.25) is 0 Å². The number of nitrogens with one attached hydrogen (secondary N) is 1. The monoisotopic (exact) mass is 290 g/mol. The van der Waals surface area contributed by atoms with Crippen LogP contribution in [0.3, 0.4) is 0 Å². The summed E-state index contributed by atoms with van der Waals surface area (Å²) in [5, 5.41) is 2.81. The van der Waals surface area contributed by atoms with Crippen LogP contribution >= 0.6 is 0 Å². The van der Waals surface area contributed by atoms with Gasteiger partial charge in [0.15, 0.2) is 0 Å². The summed E-state index contributed by atoms with van der Waals surface area (Å²) in [7, 11) is 1.67. The van der Waals surface area contributed by atoms with Crippen LogP contribution in [0.1, 0.15) is 44.7 Å². The van der Waals surface area contributed by atoms with E-state index in [2.05, 4.69) is 12.2 Å². The Morgan fingerprint density at radius 2 is 1.67 bits per heavy atom. The van der Waals surface area contributed by atoms with Crippen LogP contribution in [0.4, 0.5) is 5.69 Å². The van der Waals surface area contributed by atoms with Gasteiger partial charge in [0, 0.05) is 19.3 Å². The minimum Gasteiger partial charge on any atom is -0.338 e. The second kappa shape index (κ2) is 8.45. The summed E-state index contributed by atoms with van der Waals surface area (Å²) in [6.45, 7) is 6.75. The molecule has 2 amide bonds. The fraction of sp³-hybridized carbons (Fsp3) is 0.529. The molecule has 4 heteroatoms. The number of aryl methyl sites for hydroxylation is 2. The molecule has 4 nitrogen and oxygen atoms in total. The number of rotatable bonds is 6. The van der Waals surface area contributed by atoms with E-state index < -0.39 is 11.8 Å². The minimum atomic E-state index is -0.552. The van der Waals surface area contributed by atoms with Crippen LogP contribution in [0.15, 0.2) is 18.2 Å². The lowest BCUT2D eigenvalue weighted by molar-refractivity contribution is -0.142. The van der Waals surface area contributed by atoms with Crippen molar-refractivity contribution in [1.29, 1.82) is 0 Å². The van der Waals surface area contributed by atoms with Crippen molar-refractivity contribution in [1.82, 2.24) is 4.90 Å². The van der Waals surface area contributed by atoms with E-state index in [4.69, 9.17) is 0 Å². The number of para-hydroxylation sites is 1. The first-order valence-corrected chi connectivity index (χ1v) is 7.72. The number of hydrogen-bond acceptors (Lipinski definition) is 2. The smallest absolute Gasteiger partial charge is 0.313 e. The molecule has 0 spiro atoms. The zero-order chi connectivity index (χ0) is 15.8. The summed E-state index contributed by atoms with van der Waals surface area (Å²) in [6, 6.07) is 5.96. The van der Waals surface area contributed by atoms with E-state index >= 15 is 0 Å². The molecule has 116 valence electrons. The average Bonchev–Trinajstić information content (AvgIpc) is 2.51. The third-order valence-electron chi connectivity index (χ3n) is 3.63. The molecule has 1 rings (SSSR count). The third kappa shape index (κ3) is 4.59. The standard InChI is InChI=1S/C17H26N2O2/c1-5-8-12-19(4)17(21)16(20)18-15-13(6-2)10-9-11-14(15)7-3/h9-11H,5-8,12H2,1-4H3,(H,18,20). The molecule has 0 aliphatic heterocycles. The first-order chi connectivity index (χ1) is 10.0. The molecule has 0 unspecified atom stereocenters. The molecule has 0 heterocycles. The summed E-state index contributed by atoms with van der Waals surface area (Å²) in [6.07, 6.45) is 3.55. The number of benzene rings is 1. The van der Waals surface area contributed by atoms with Crippen LogP contribution in [0.5, 0.6) is 0 Å². The van der Waals surface area contributed by atoms with Crippen LogP contribution in [0.25, 0.3) is 0 Å². The summed E-state index contributed by atoms with van der Waals surface area (Å²) < 4.78 is 0. The molecular formula is C17H26N2O2. The number of carbonyl (C=O) groups excluding carboxylic acids is 2. The Balaban J connectivity index is 2.85. The van der Waals surface area contributed by atoms with E-state index in [9.17, 15) is 9.59 Å². The van der Waals surface area contributed by atoms with Crippen molar-refractivity contribution in [3.8, 4) is 0 Å². The second-order valence-electron chi connectivity index (χ2n) is 5.19. The molecule has 1 N–H and O–H groups in total. The van der Waals surface area contributed by atoms with Crippen molar-refractivity contribution in [3.05, 3.63) is 29.3 Å². The molecule has 21 heavy (non-hydrogen) atoms. The Morgan fingerprint density at radius 1 is 1.10 bits per heavy atom. The molecule has 1 aromatic rings. The SMILES string of the molecule is CCCCN(C)C(=O)C(=O)Nc1c(CC)cccc1CC. The van der Waals surface area contributed by atoms with E-state index in [0.717, 1.165) is 42.5 Å². The number of nitrogens with zero attached hydrogens (tertiary/aromatic N) is 1. The zero-order valence-electron chi connectivity index (χ0n) is 13.5. The van der Waals surface area contributed by atoms with Crippen molar-refractivity contribution < 1.29 is 9.59 Å². The molecule has 0 saturated carbocycles. The summed E-state index contributed by atoms with van der Waals surface area (Å²) in [5.41, 5.74) is 2.92. The lowest BCUT2D eigenvalue weighted by Crippen LogP contribution is -2.37. The van der Waals surface area contributed by atoms with Crippen molar-refractivity contribution in [3.63, 3.8) is 0 Å². The number of carbonyl (C=O) groups is 2. The number of likely N-dealkylation sites (N-methyl/N-ethyl adjacent to an activating group) is 1. The fourth-order valence-corrected chi connectivity index (χ4v) is 2.24. The highest BCUT2D eigenvalue weighted by Gasteiger charge is 2.20. The quantitative estimate of drug-likeness (QED) is 0.819. The molecule has 0 bridgehead atoms. The van der Waals surface area contributed by atoms with E-state index in [0.29, 0.717) is 6.54 Å². The van der Waals surface area contributed by atoms with E-state index in [1.165, 1.54) is 4.90 Å². The molecule has 0 atom stereocenters. The Hall–Kier alpha value is -1.84. The van der Waals surface area contributed by atoms with Gasteiger partial charge in [0.25, 0.3) is 0 Å². The number of anilines is 1. The summed E-state index contributed by atoms with van der Waals surface area (Å²) in [4.78, 5) is 25.7. The predicted molar refractivity (Wildman–Crippen MR) is 86.4 cm³/mol. The largest absolute Gasteiger partial charge is 0.338 e. The maximum atomic E-state index is 12.2. The maximum absolute atomic E-state index is 12.2. The molecule has 0 aromatic heterocycles. The summed E-state index contributed by atoms with van der Waals surface area (Å²) in [5.74, 6) is -1.03. The number of hydrogen-bond donors (Lipinski definition) is 1. The molecule has 0 saturated heterocycles. The van der Waals surface area contributed by atoms with Gasteiger partial charge in [-0.1, -0.05) is 45.4 Å². The minimum absolute atomic E-state index is 0.476. The van der Waals surface area contributed by atoms with Crippen LogP contribution < -0.4 is 5.32 Å². The van der Waals surface area contributed by atoms with Crippen LogP contribution in [0, 0.1) is 0 Å². The second-order valence-corrected chi connectivity index (χ2v) is 5.19. The van der Waals surface area contributed by atoms with Gasteiger partial charge in [-0.2, -0.15) is 0 Å². The highest BCUT2D eigenvalue weighted by molar-refractivity contribution is 6.39. The Labute approximate surface area is 127 Å². The van der Waals surface area contributed by atoms with Crippen molar-refractivity contribution in [2.75, 3.05) is 18.9 Å². The van der Waals surface area contributed by atoms with Crippen LogP contribution in [-0.2, 0) is 22.4 Å². The number of unbranched alkanes of at least 4 members (excludes halogenated alkanes) is 1. The van der Waals surface area contributed by atoms with E-state index in [1.807, 2.05) is 32.0 Å². The van der Waals surface area contributed by atoms with Gasteiger partial charge in [-0.3, -0.25) is 9.59 Å². The van der Waals surface area contributed by atoms with E-state index in [1.54, 1.807) is 7.05 Å². The third-order valence-corrected chi connectivity index (χ3v) is 3.63. The van der Waals surface area contributed by atoms with Gasteiger partial charge in [-0.25, -0.2) is 0 Å². The molecule has 0 aliphatic carbocycles. The first-order valence-electron chi connectivity index (χ1n) is 7.72. The van der Waals surface area contributed by atoms with Gasteiger partial charge < -0.3 is 10.2 Å². The molecular weight excluding hydrogens is 264 g/mol. The normalized spacial score (nSPS) is 10.3. The van der Waals surface area contributed by atoms with Gasteiger partial charge in [0.2, 0.25) is 0 Å². The fourth-order valence-electron chi connectivity index (χ4n) is 2.24. The number of amides is 2. The molecule has 0 aliphatic rings. The Kier molecular flexibility index (Phi) is 6.92. The van der Waals surface area contributed by atoms with Gasteiger partial charge >= 0.3 is 11.8 Å². The van der Waals surface area contributed by atoms with E-state index in [-0.39, 0.29) is 0 Å².